The molecule has 0 amide bonds. The molecule has 0 radical (unpaired) electrons. The third-order valence-corrected chi connectivity index (χ3v) is 4.61. The van der Waals surface area contributed by atoms with E-state index in [0.717, 1.165) is 18.6 Å². The third-order valence-electron chi connectivity index (χ3n) is 3.76. The fourth-order valence-electron chi connectivity index (χ4n) is 2.11. The molecule has 0 aliphatic rings. The molecular weight excluding hydrogens is 344 g/mol. The Morgan fingerprint density at radius 2 is 1.60 bits per heavy atom. The Kier molecular flexibility index (Phi) is 6.17. The first-order valence-corrected chi connectivity index (χ1v) is 9.20. The fourth-order valence-corrected chi connectivity index (χ4v) is 2.58. The van der Waals surface area contributed by atoms with Crippen LogP contribution in [0.1, 0.15) is 31.7 Å². The minimum atomic E-state index is -4.52. The molecule has 0 spiro atoms. The molecular formula is C18H19O6S-. The normalized spacial score (nSPS) is 12.4. The summed E-state index contributed by atoms with van der Waals surface area (Å²) in [6.07, 6.45) is 1.04. The number of carbonyl (C=O) groups excluding carboxylic acids is 1. The van der Waals surface area contributed by atoms with Gasteiger partial charge < -0.3 is 14.0 Å². The number of benzene rings is 2. The van der Waals surface area contributed by atoms with E-state index in [9.17, 15) is 17.8 Å². The molecule has 0 N–H and O–H groups in total. The highest BCUT2D eigenvalue weighted by Gasteiger charge is 2.08. The average molecular weight is 363 g/mol. The van der Waals surface area contributed by atoms with Crippen LogP contribution < -0.4 is 9.47 Å². The van der Waals surface area contributed by atoms with Gasteiger partial charge in [-0.3, -0.25) is 0 Å². The van der Waals surface area contributed by atoms with Crippen LogP contribution in [0.3, 0.4) is 0 Å². The molecule has 0 bridgehead atoms. The standard InChI is InChI=1S/C18H20O6S/c1-3-13(2)14-4-6-15(7-5-14)23-12-18(19)24-16-8-10-17(11-9-16)25(20,21)22/h4-11,13H,3,12H2,1-2H3,(H,20,21,22)/p-1. The predicted octanol–water partition coefficient (Wildman–Crippen LogP) is 3.09. The molecule has 1 unspecified atom stereocenters. The highest BCUT2D eigenvalue weighted by Crippen LogP contribution is 2.21. The maximum absolute atomic E-state index is 11.8. The van der Waals surface area contributed by atoms with Crippen LogP contribution in [0.4, 0.5) is 0 Å². The molecule has 134 valence electrons. The Labute approximate surface area is 147 Å². The quantitative estimate of drug-likeness (QED) is 0.426. The van der Waals surface area contributed by atoms with Crippen LogP contribution >= 0.6 is 0 Å². The zero-order valence-corrected chi connectivity index (χ0v) is 14.8. The summed E-state index contributed by atoms with van der Waals surface area (Å²) >= 11 is 0. The second-order valence-corrected chi connectivity index (χ2v) is 6.95. The van der Waals surface area contributed by atoms with Crippen molar-refractivity contribution < 1.29 is 27.2 Å². The number of carbonyl (C=O) groups is 1. The van der Waals surface area contributed by atoms with E-state index in [2.05, 4.69) is 13.8 Å². The first-order chi connectivity index (χ1) is 11.8. The summed E-state index contributed by atoms with van der Waals surface area (Å²) in [4.78, 5) is 11.4. The summed E-state index contributed by atoms with van der Waals surface area (Å²) in [6.45, 7) is 3.96. The van der Waals surface area contributed by atoms with Gasteiger partial charge in [-0.1, -0.05) is 26.0 Å². The number of hydrogen-bond acceptors (Lipinski definition) is 6. The number of rotatable bonds is 7. The largest absolute Gasteiger partial charge is 0.744 e. The van der Waals surface area contributed by atoms with Gasteiger partial charge in [0.05, 0.1) is 4.90 Å². The van der Waals surface area contributed by atoms with Crippen molar-refractivity contribution >= 4 is 16.1 Å². The monoisotopic (exact) mass is 363 g/mol. The summed E-state index contributed by atoms with van der Waals surface area (Å²) < 4.78 is 42.9. The molecule has 2 rings (SSSR count). The van der Waals surface area contributed by atoms with Crippen LogP contribution in [0.2, 0.25) is 0 Å². The highest BCUT2D eigenvalue weighted by molar-refractivity contribution is 7.85. The molecule has 1 atom stereocenters. The van der Waals surface area contributed by atoms with Crippen LogP contribution in [0, 0.1) is 0 Å². The predicted molar refractivity (Wildman–Crippen MR) is 90.7 cm³/mol. The lowest BCUT2D eigenvalue weighted by atomic mass is 9.99. The third kappa shape index (κ3) is 5.58. The molecule has 0 saturated carbocycles. The number of ether oxygens (including phenoxy) is 2. The highest BCUT2D eigenvalue weighted by atomic mass is 32.2. The van der Waals surface area contributed by atoms with E-state index < -0.39 is 16.1 Å². The van der Waals surface area contributed by atoms with Crippen molar-refractivity contribution in [2.75, 3.05) is 6.61 Å². The first kappa shape index (κ1) is 19.0. The van der Waals surface area contributed by atoms with Gasteiger partial charge in [0.1, 0.15) is 21.6 Å². The zero-order valence-electron chi connectivity index (χ0n) is 14.0. The van der Waals surface area contributed by atoms with E-state index in [0.29, 0.717) is 11.7 Å². The van der Waals surface area contributed by atoms with Crippen LogP contribution in [-0.2, 0) is 14.9 Å². The lowest BCUT2D eigenvalue weighted by Gasteiger charge is -2.11. The van der Waals surface area contributed by atoms with E-state index in [1.54, 1.807) is 12.1 Å². The minimum Gasteiger partial charge on any atom is -0.744 e. The average Bonchev–Trinajstić information content (AvgIpc) is 2.59. The van der Waals surface area contributed by atoms with Crippen molar-refractivity contribution in [2.24, 2.45) is 0 Å². The molecule has 6 nitrogen and oxygen atoms in total. The van der Waals surface area contributed by atoms with Gasteiger partial charge in [0, 0.05) is 0 Å². The summed E-state index contributed by atoms with van der Waals surface area (Å²) in [6, 6.07) is 12.1. The van der Waals surface area contributed by atoms with Crippen molar-refractivity contribution in [2.45, 2.75) is 31.1 Å². The van der Waals surface area contributed by atoms with Gasteiger partial charge in [-0.2, -0.15) is 0 Å². The lowest BCUT2D eigenvalue weighted by molar-refractivity contribution is -0.136. The SMILES string of the molecule is CCC(C)c1ccc(OCC(=O)Oc2ccc(S(=O)(=O)[O-])cc2)cc1. The topological polar surface area (TPSA) is 92.7 Å². The Hall–Kier alpha value is -2.38. The van der Waals surface area contributed by atoms with Crippen LogP contribution in [-0.4, -0.2) is 25.5 Å². The van der Waals surface area contributed by atoms with Crippen molar-refractivity contribution in [1.29, 1.82) is 0 Å². The van der Waals surface area contributed by atoms with Gasteiger partial charge in [0.25, 0.3) is 0 Å². The van der Waals surface area contributed by atoms with Crippen molar-refractivity contribution in [1.82, 2.24) is 0 Å². The Morgan fingerprint density at radius 3 is 2.12 bits per heavy atom. The smallest absolute Gasteiger partial charge is 0.349 e. The van der Waals surface area contributed by atoms with E-state index in [4.69, 9.17) is 9.47 Å². The van der Waals surface area contributed by atoms with Crippen molar-refractivity contribution in [3.05, 3.63) is 54.1 Å². The van der Waals surface area contributed by atoms with Crippen molar-refractivity contribution in [3.63, 3.8) is 0 Å². The van der Waals surface area contributed by atoms with Gasteiger partial charge in [-0.25, -0.2) is 13.2 Å². The van der Waals surface area contributed by atoms with Gasteiger partial charge >= 0.3 is 5.97 Å². The first-order valence-electron chi connectivity index (χ1n) is 7.79. The van der Waals surface area contributed by atoms with E-state index in [-0.39, 0.29) is 17.3 Å². The molecule has 25 heavy (non-hydrogen) atoms. The van der Waals surface area contributed by atoms with Gasteiger partial charge in [-0.15, -0.1) is 0 Å². The molecule has 0 aliphatic carbocycles. The molecule has 0 aliphatic heterocycles. The molecule has 0 saturated heterocycles. The lowest BCUT2D eigenvalue weighted by Crippen LogP contribution is -2.17. The van der Waals surface area contributed by atoms with E-state index in [1.165, 1.54) is 17.7 Å². The Bertz CT molecular complexity index is 810. The van der Waals surface area contributed by atoms with Crippen LogP contribution in [0.25, 0.3) is 0 Å². The molecule has 0 heterocycles. The Balaban J connectivity index is 1.88. The molecule has 7 heteroatoms. The van der Waals surface area contributed by atoms with E-state index >= 15 is 0 Å². The fraction of sp³-hybridized carbons (Fsp3) is 0.278. The van der Waals surface area contributed by atoms with E-state index in [1.807, 2.05) is 12.1 Å². The van der Waals surface area contributed by atoms with Crippen LogP contribution in [0.5, 0.6) is 11.5 Å². The Morgan fingerprint density at radius 1 is 1.04 bits per heavy atom. The van der Waals surface area contributed by atoms with Gasteiger partial charge in [0.2, 0.25) is 0 Å². The van der Waals surface area contributed by atoms with Gasteiger partial charge in [-0.05, 0) is 54.3 Å². The molecule has 0 fully saturated rings. The minimum absolute atomic E-state index is 0.133. The second kappa shape index (κ2) is 8.13. The zero-order chi connectivity index (χ0) is 18.4. The molecule has 2 aromatic carbocycles. The van der Waals surface area contributed by atoms with Crippen molar-refractivity contribution in [3.8, 4) is 11.5 Å². The maximum Gasteiger partial charge on any atom is 0.349 e. The second-order valence-electron chi connectivity index (χ2n) is 5.57. The summed E-state index contributed by atoms with van der Waals surface area (Å²) in [5.41, 5.74) is 1.20. The van der Waals surface area contributed by atoms with Crippen LogP contribution in [0.15, 0.2) is 53.4 Å². The number of esters is 1. The molecule has 0 aromatic heterocycles. The van der Waals surface area contributed by atoms with Gasteiger partial charge in [0.15, 0.2) is 6.61 Å². The maximum atomic E-state index is 11.8. The number of hydrogen-bond donors (Lipinski definition) is 0. The summed E-state index contributed by atoms with van der Waals surface area (Å²) in [5, 5.41) is 0. The summed E-state index contributed by atoms with van der Waals surface area (Å²) in [7, 11) is -4.52. The molecule has 2 aromatic rings. The summed E-state index contributed by atoms with van der Waals surface area (Å²) in [5.74, 6) is 0.508.